The number of halogens is 1. The van der Waals surface area contributed by atoms with E-state index in [1.165, 1.54) is 0 Å². The molecule has 0 spiro atoms. The molecule has 1 N–H and O–H groups in total. The minimum atomic E-state index is 0.808. The molecule has 0 aliphatic heterocycles. The molecule has 94 valence electrons. The minimum Gasteiger partial charge on any atom is -0.359 e. The highest BCUT2D eigenvalue weighted by Crippen LogP contribution is 2.24. The second-order valence-electron chi connectivity index (χ2n) is 4.01. The van der Waals surface area contributed by atoms with E-state index >= 15 is 0 Å². The third-order valence-electron chi connectivity index (χ3n) is 2.96. The molecule has 2 aromatic rings. The summed E-state index contributed by atoms with van der Waals surface area (Å²) in [5.41, 5.74) is 2.03. The van der Waals surface area contributed by atoms with E-state index in [-0.39, 0.29) is 0 Å². The highest BCUT2D eigenvalue weighted by molar-refractivity contribution is 9.10. The Labute approximate surface area is 116 Å². The van der Waals surface area contributed by atoms with E-state index in [0.717, 1.165) is 40.6 Å². The van der Waals surface area contributed by atoms with Crippen molar-refractivity contribution in [2.24, 2.45) is 0 Å². The molecule has 0 atom stereocenters. The van der Waals surface area contributed by atoms with Crippen molar-refractivity contribution in [1.82, 2.24) is 14.9 Å². The van der Waals surface area contributed by atoms with Crippen molar-refractivity contribution in [1.29, 1.82) is 0 Å². The summed E-state index contributed by atoms with van der Waals surface area (Å²) < 4.78 is 0.980. The standard InChI is InChI=1S/C14H16BrN3/c1-3-18(4-2)7-5-6-11-8-17-13-10-16-9-12(15)14(11)13/h8-10,17H,3-4,7H2,1-2H3. The molecule has 18 heavy (non-hydrogen) atoms. The quantitative estimate of drug-likeness (QED) is 0.884. The number of aromatic nitrogens is 2. The number of aromatic amines is 1. The molecule has 0 amide bonds. The van der Waals surface area contributed by atoms with Gasteiger partial charge >= 0.3 is 0 Å². The van der Waals surface area contributed by atoms with Gasteiger partial charge in [0.1, 0.15) is 0 Å². The van der Waals surface area contributed by atoms with Crippen molar-refractivity contribution >= 4 is 26.8 Å². The van der Waals surface area contributed by atoms with Gasteiger partial charge in [0.05, 0.1) is 23.8 Å². The van der Waals surface area contributed by atoms with Gasteiger partial charge < -0.3 is 4.98 Å². The molecular weight excluding hydrogens is 290 g/mol. The van der Waals surface area contributed by atoms with Gasteiger partial charge in [-0.1, -0.05) is 25.7 Å². The fourth-order valence-electron chi connectivity index (χ4n) is 1.83. The first-order valence-electron chi connectivity index (χ1n) is 6.08. The van der Waals surface area contributed by atoms with Gasteiger partial charge in [-0.2, -0.15) is 0 Å². The molecule has 2 heterocycles. The lowest BCUT2D eigenvalue weighted by atomic mass is 10.2. The first-order valence-corrected chi connectivity index (χ1v) is 6.87. The van der Waals surface area contributed by atoms with E-state index in [0.29, 0.717) is 0 Å². The summed E-state index contributed by atoms with van der Waals surface area (Å²) in [6.07, 6.45) is 5.55. The van der Waals surface area contributed by atoms with Crippen molar-refractivity contribution in [3.05, 3.63) is 28.6 Å². The Balaban J connectivity index is 2.25. The summed E-state index contributed by atoms with van der Waals surface area (Å²) in [4.78, 5) is 9.60. The molecule has 0 saturated carbocycles. The largest absolute Gasteiger partial charge is 0.359 e. The third kappa shape index (κ3) is 2.74. The molecular formula is C14H16BrN3. The molecule has 0 saturated heterocycles. The van der Waals surface area contributed by atoms with E-state index in [9.17, 15) is 0 Å². The lowest BCUT2D eigenvalue weighted by Crippen LogP contribution is -2.22. The normalized spacial score (nSPS) is 10.7. The number of nitrogens with zero attached hydrogens (tertiary/aromatic N) is 2. The fraction of sp³-hybridized carbons (Fsp3) is 0.357. The summed E-state index contributed by atoms with van der Waals surface area (Å²) in [6.45, 7) is 7.18. The van der Waals surface area contributed by atoms with E-state index in [1.807, 2.05) is 12.4 Å². The van der Waals surface area contributed by atoms with Crippen LogP contribution in [0.4, 0.5) is 0 Å². The first-order chi connectivity index (χ1) is 8.76. The molecule has 2 aromatic heterocycles. The number of hydrogen-bond acceptors (Lipinski definition) is 2. The molecule has 0 aliphatic rings. The van der Waals surface area contributed by atoms with E-state index < -0.39 is 0 Å². The molecule has 4 heteroatoms. The van der Waals surface area contributed by atoms with E-state index in [1.54, 1.807) is 6.20 Å². The topological polar surface area (TPSA) is 31.9 Å². The predicted octanol–water partition coefficient (Wildman–Crippen LogP) is 3.02. The molecule has 0 aromatic carbocycles. The lowest BCUT2D eigenvalue weighted by molar-refractivity contribution is 0.342. The van der Waals surface area contributed by atoms with Gasteiger partial charge in [0.15, 0.2) is 0 Å². The maximum Gasteiger partial charge on any atom is 0.0664 e. The Hall–Kier alpha value is -1.31. The number of H-pyrrole nitrogens is 1. The van der Waals surface area contributed by atoms with Crippen LogP contribution < -0.4 is 0 Å². The Morgan fingerprint density at radius 3 is 2.83 bits per heavy atom. The van der Waals surface area contributed by atoms with Crippen LogP contribution in [-0.2, 0) is 0 Å². The summed E-state index contributed by atoms with van der Waals surface area (Å²) in [6, 6.07) is 0. The second-order valence-corrected chi connectivity index (χ2v) is 4.86. The second kappa shape index (κ2) is 6.03. The molecule has 0 fully saturated rings. The smallest absolute Gasteiger partial charge is 0.0664 e. The summed E-state index contributed by atoms with van der Waals surface area (Å²) in [5.74, 6) is 6.45. The Bertz CT molecular complexity index is 588. The minimum absolute atomic E-state index is 0.808. The van der Waals surface area contributed by atoms with Crippen LogP contribution >= 0.6 is 15.9 Å². The van der Waals surface area contributed by atoms with Crippen LogP contribution in [0.3, 0.4) is 0 Å². The van der Waals surface area contributed by atoms with Gasteiger partial charge in [-0.15, -0.1) is 0 Å². The Morgan fingerprint density at radius 2 is 2.11 bits per heavy atom. The van der Waals surface area contributed by atoms with Gasteiger partial charge in [0.25, 0.3) is 0 Å². The first kappa shape index (κ1) is 13.1. The molecule has 3 nitrogen and oxygen atoms in total. The van der Waals surface area contributed by atoms with Gasteiger partial charge in [-0.3, -0.25) is 9.88 Å². The highest BCUT2D eigenvalue weighted by atomic mass is 79.9. The predicted molar refractivity (Wildman–Crippen MR) is 78.5 cm³/mol. The average molecular weight is 306 g/mol. The molecule has 2 rings (SSSR count). The van der Waals surface area contributed by atoms with Crippen LogP contribution in [0.15, 0.2) is 23.1 Å². The number of fused-ring (bicyclic) bond motifs is 1. The van der Waals surface area contributed by atoms with Crippen molar-refractivity contribution in [3.8, 4) is 11.8 Å². The van der Waals surface area contributed by atoms with E-state index in [4.69, 9.17) is 0 Å². The van der Waals surface area contributed by atoms with Crippen LogP contribution in [0.5, 0.6) is 0 Å². The summed E-state index contributed by atoms with van der Waals surface area (Å²) in [5, 5.41) is 1.11. The number of nitrogens with one attached hydrogen (secondary N) is 1. The van der Waals surface area contributed by atoms with Gasteiger partial charge in [0, 0.05) is 22.3 Å². The maximum absolute atomic E-state index is 4.13. The van der Waals surface area contributed by atoms with Crippen LogP contribution in [0.1, 0.15) is 19.4 Å². The van der Waals surface area contributed by atoms with Crippen LogP contribution in [0.2, 0.25) is 0 Å². The van der Waals surface area contributed by atoms with Crippen LogP contribution in [-0.4, -0.2) is 34.5 Å². The molecule has 0 aliphatic carbocycles. The Morgan fingerprint density at radius 1 is 1.33 bits per heavy atom. The zero-order valence-electron chi connectivity index (χ0n) is 10.6. The highest BCUT2D eigenvalue weighted by Gasteiger charge is 2.05. The zero-order chi connectivity index (χ0) is 13.0. The van der Waals surface area contributed by atoms with Crippen LogP contribution in [0.25, 0.3) is 10.9 Å². The number of hydrogen-bond donors (Lipinski definition) is 1. The van der Waals surface area contributed by atoms with Crippen LogP contribution in [0, 0.1) is 11.8 Å². The van der Waals surface area contributed by atoms with Crippen molar-refractivity contribution < 1.29 is 0 Å². The molecule has 0 bridgehead atoms. The SMILES string of the molecule is CCN(CC)CC#Cc1c[nH]c2cncc(Br)c12. The number of pyridine rings is 1. The van der Waals surface area contributed by atoms with Gasteiger partial charge in [-0.05, 0) is 29.0 Å². The Kier molecular flexibility index (Phi) is 4.40. The molecule has 0 unspecified atom stereocenters. The summed E-state index contributed by atoms with van der Waals surface area (Å²) in [7, 11) is 0. The van der Waals surface area contributed by atoms with Gasteiger partial charge in [0.2, 0.25) is 0 Å². The number of rotatable bonds is 3. The zero-order valence-corrected chi connectivity index (χ0v) is 12.2. The average Bonchev–Trinajstić information content (AvgIpc) is 2.79. The monoisotopic (exact) mass is 305 g/mol. The summed E-state index contributed by atoms with van der Waals surface area (Å²) >= 11 is 3.51. The molecule has 0 radical (unpaired) electrons. The van der Waals surface area contributed by atoms with E-state index in [2.05, 4.69) is 56.5 Å². The third-order valence-corrected chi connectivity index (χ3v) is 3.56. The lowest BCUT2D eigenvalue weighted by Gasteiger charge is -2.13. The van der Waals surface area contributed by atoms with Crippen molar-refractivity contribution in [2.45, 2.75) is 13.8 Å². The maximum atomic E-state index is 4.13. The van der Waals surface area contributed by atoms with Crippen molar-refractivity contribution in [2.75, 3.05) is 19.6 Å². The van der Waals surface area contributed by atoms with Gasteiger partial charge in [-0.25, -0.2) is 0 Å². The fourth-order valence-corrected chi connectivity index (χ4v) is 2.38. The van der Waals surface area contributed by atoms with Crippen molar-refractivity contribution in [3.63, 3.8) is 0 Å².